The standard InChI is InChI=1S/C18H21F4N3O2/c19-13-2-1-12(15(9-13)18(20,21)22)10-23-16(26)11-5-7-25(8-6-11)17(27)24-14-3-4-14/h1-2,9,11,14H,3-8,10H2,(H,23,26)(H,24,27). The minimum absolute atomic E-state index is 0.127. The Balaban J connectivity index is 1.51. The molecule has 27 heavy (non-hydrogen) atoms. The summed E-state index contributed by atoms with van der Waals surface area (Å²) in [5.74, 6) is -1.69. The van der Waals surface area contributed by atoms with Crippen LogP contribution in [0.2, 0.25) is 0 Å². The molecule has 1 aromatic carbocycles. The Morgan fingerprint density at radius 2 is 1.78 bits per heavy atom. The van der Waals surface area contributed by atoms with Crippen LogP contribution in [0.15, 0.2) is 18.2 Å². The number of halogens is 4. The number of piperidine rings is 1. The molecule has 0 atom stereocenters. The summed E-state index contributed by atoms with van der Waals surface area (Å²) in [4.78, 5) is 25.9. The largest absolute Gasteiger partial charge is 0.416 e. The predicted octanol–water partition coefficient (Wildman–Crippen LogP) is 3.04. The Labute approximate surface area is 154 Å². The van der Waals surface area contributed by atoms with Gasteiger partial charge in [-0.25, -0.2) is 9.18 Å². The number of urea groups is 1. The number of hydrogen-bond donors (Lipinski definition) is 2. The Kier molecular flexibility index (Phi) is 5.57. The SMILES string of the molecule is O=C(NCc1ccc(F)cc1C(F)(F)F)C1CCN(C(=O)NC2CC2)CC1. The number of benzene rings is 1. The topological polar surface area (TPSA) is 61.4 Å². The minimum atomic E-state index is -4.69. The predicted molar refractivity (Wildman–Crippen MR) is 89.1 cm³/mol. The molecule has 3 amide bonds. The number of likely N-dealkylation sites (tertiary alicyclic amines) is 1. The molecule has 1 heterocycles. The summed E-state index contributed by atoms with van der Waals surface area (Å²) >= 11 is 0. The lowest BCUT2D eigenvalue weighted by Crippen LogP contribution is -2.47. The molecule has 0 spiro atoms. The Morgan fingerprint density at radius 3 is 2.37 bits per heavy atom. The van der Waals surface area contributed by atoms with Gasteiger partial charge in [-0.2, -0.15) is 13.2 Å². The van der Waals surface area contributed by atoms with Crippen molar-refractivity contribution in [2.24, 2.45) is 5.92 Å². The zero-order valence-electron chi connectivity index (χ0n) is 14.6. The van der Waals surface area contributed by atoms with Crippen LogP contribution < -0.4 is 10.6 Å². The van der Waals surface area contributed by atoms with Crippen LogP contribution in [-0.4, -0.2) is 36.0 Å². The Morgan fingerprint density at radius 1 is 1.11 bits per heavy atom. The first-order chi connectivity index (χ1) is 12.7. The quantitative estimate of drug-likeness (QED) is 0.781. The average Bonchev–Trinajstić information content (AvgIpc) is 3.43. The third-order valence-corrected chi connectivity index (χ3v) is 4.89. The van der Waals surface area contributed by atoms with Crippen molar-refractivity contribution in [2.45, 2.75) is 44.4 Å². The van der Waals surface area contributed by atoms with Gasteiger partial charge in [-0.3, -0.25) is 4.79 Å². The molecule has 148 valence electrons. The fraction of sp³-hybridized carbons (Fsp3) is 0.556. The molecule has 0 unspecified atom stereocenters. The number of carbonyl (C=O) groups excluding carboxylic acids is 2. The number of rotatable bonds is 4. The maximum absolute atomic E-state index is 13.1. The molecular weight excluding hydrogens is 366 g/mol. The lowest BCUT2D eigenvalue weighted by atomic mass is 9.96. The first kappa shape index (κ1) is 19.4. The summed E-state index contributed by atoms with van der Waals surface area (Å²) in [7, 11) is 0. The smallest absolute Gasteiger partial charge is 0.352 e. The maximum atomic E-state index is 13.1. The molecule has 5 nitrogen and oxygen atoms in total. The van der Waals surface area contributed by atoms with Gasteiger partial charge in [0, 0.05) is 31.6 Å². The highest BCUT2D eigenvalue weighted by atomic mass is 19.4. The molecular formula is C18H21F4N3O2. The number of carbonyl (C=O) groups is 2. The van der Waals surface area contributed by atoms with E-state index in [0.717, 1.165) is 25.0 Å². The summed E-state index contributed by atoms with van der Waals surface area (Å²) in [6.07, 6.45) is -1.79. The normalized spacial score (nSPS) is 18.3. The Bertz CT molecular complexity index is 711. The second-order valence-corrected chi connectivity index (χ2v) is 7.00. The molecule has 0 aromatic heterocycles. The molecule has 1 aromatic rings. The van der Waals surface area contributed by atoms with E-state index in [9.17, 15) is 27.2 Å². The van der Waals surface area contributed by atoms with Gasteiger partial charge < -0.3 is 15.5 Å². The number of nitrogens with zero attached hydrogens (tertiary/aromatic N) is 1. The van der Waals surface area contributed by atoms with E-state index in [1.54, 1.807) is 4.90 Å². The van der Waals surface area contributed by atoms with Crippen molar-refractivity contribution in [1.29, 1.82) is 0 Å². The first-order valence-electron chi connectivity index (χ1n) is 8.93. The van der Waals surface area contributed by atoms with Crippen LogP contribution in [-0.2, 0) is 17.5 Å². The van der Waals surface area contributed by atoms with Crippen LogP contribution >= 0.6 is 0 Å². The second-order valence-electron chi connectivity index (χ2n) is 7.00. The van der Waals surface area contributed by atoms with Crippen LogP contribution in [0.5, 0.6) is 0 Å². The summed E-state index contributed by atoms with van der Waals surface area (Å²) in [6, 6.07) is 2.53. The van der Waals surface area contributed by atoms with E-state index in [1.165, 1.54) is 0 Å². The van der Waals surface area contributed by atoms with Crippen molar-refractivity contribution < 1.29 is 27.2 Å². The number of hydrogen-bond acceptors (Lipinski definition) is 2. The van der Waals surface area contributed by atoms with Gasteiger partial charge in [0.15, 0.2) is 0 Å². The molecule has 1 aliphatic heterocycles. The molecule has 9 heteroatoms. The van der Waals surface area contributed by atoms with E-state index in [1.807, 2.05) is 0 Å². The van der Waals surface area contributed by atoms with Crippen LogP contribution in [0, 0.1) is 11.7 Å². The average molecular weight is 387 g/mol. The van der Waals surface area contributed by atoms with E-state index in [2.05, 4.69) is 10.6 Å². The fourth-order valence-electron chi connectivity index (χ4n) is 3.13. The number of amides is 3. The lowest BCUT2D eigenvalue weighted by Gasteiger charge is -2.31. The van der Waals surface area contributed by atoms with Gasteiger partial charge in [-0.15, -0.1) is 0 Å². The van der Waals surface area contributed by atoms with E-state index in [4.69, 9.17) is 0 Å². The summed E-state index contributed by atoms with van der Waals surface area (Å²) in [5, 5.41) is 5.39. The molecule has 1 aliphatic carbocycles. The zero-order chi connectivity index (χ0) is 19.6. The summed E-state index contributed by atoms with van der Waals surface area (Å²) < 4.78 is 52.1. The van der Waals surface area contributed by atoms with Crippen molar-refractivity contribution in [2.75, 3.05) is 13.1 Å². The van der Waals surface area contributed by atoms with Crippen LogP contribution in [0.25, 0.3) is 0 Å². The van der Waals surface area contributed by atoms with Gasteiger partial charge in [0.1, 0.15) is 5.82 Å². The van der Waals surface area contributed by atoms with Crippen LogP contribution in [0.4, 0.5) is 22.4 Å². The van der Waals surface area contributed by atoms with E-state index in [0.29, 0.717) is 32.0 Å². The molecule has 3 rings (SSSR count). The van der Waals surface area contributed by atoms with Gasteiger partial charge in [0.25, 0.3) is 0 Å². The van der Waals surface area contributed by atoms with E-state index in [-0.39, 0.29) is 36.0 Å². The van der Waals surface area contributed by atoms with Gasteiger partial charge in [-0.05, 0) is 43.4 Å². The van der Waals surface area contributed by atoms with Gasteiger partial charge >= 0.3 is 12.2 Å². The van der Waals surface area contributed by atoms with E-state index < -0.39 is 17.6 Å². The molecule has 1 saturated heterocycles. The highest BCUT2D eigenvalue weighted by Crippen LogP contribution is 2.32. The van der Waals surface area contributed by atoms with Gasteiger partial charge in [0.2, 0.25) is 5.91 Å². The summed E-state index contributed by atoms with van der Waals surface area (Å²) in [6.45, 7) is 0.540. The molecule has 2 N–H and O–H groups in total. The van der Waals surface area contributed by atoms with Crippen molar-refractivity contribution in [3.05, 3.63) is 35.1 Å². The number of nitrogens with one attached hydrogen (secondary N) is 2. The molecule has 1 saturated carbocycles. The van der Waals surface area contributed by atoms with Crippen molar-refractivity contribution in [3.63, 3.8) is 0 Å². The van der Waals surface area contributed by atoms with Crippen LogP contribution in [0.3, 0.4) is 0 Å². The number of alkyl halides is 3. The molecule has 2 fully saturated rings. The van der Waals surface area contributed by atoms with Gasteiger partial charge in [0.05, 0.1) is 5.56 Å². The highest BCUT2D eigenvalue weighted by Gasteiger charge is 2.34. The first-order valence-corrected chi connectivity index (χ1v) is 8.93. The third kappa shape index (κ3) is 5.11. The second kappa shape index (κ2) is 7.74. The lowest BCUT2D eigenvalue weighted by molar-refractivity contribution is -0.138. The minimum Gasteiger partial charge on any atom is -0.352 e. The third-order valence-electron chi connectivity index (χ3n) is 4.89. The van der Waals surface area contributed by atoms with Crippen LogP contribution in [0.1, 0.15) is 36.8 Å². The fourth-order valence-corrected chi connectivity index (χ4v) is 3.13. The zero-order valence-corrected chi connectivity index (χ0v) is 14.6. The van der Waals surface area contributed by atoms with Crippen molar-refractivity contribution in [1.82, 2.24) is 15.5 Å². The van der Waals surface area contributed by atoms with Crippen molar-refractivity contribution >= 4 is 11.9 Å². The molecule has 2 aliphatic rings. The van der Waals surface area contributed by atoms with Crippen molar-refractivity contribution in [3.8, 4) is 0 Å². The van der Waals surface area contributed by atoms with Gasteiger partial charge in [-0.1, -0.05) is 6.07 Å². The molecule has 0 radical (unpaired) electrons. The molecule has 0 bridgehead atoms. The Hall–Kier alpha value is -2.32. The maximum Gasteiger partial charge on any atom is 0.416 e. The summed E-state index contributed by atoms with van der Waals surface area (Å²) in [5.41, 5.74) is -1.27. The monoisotopic (exact) mass is 387 g/mol. The highest BCUT2D eigenvalue weighted by molar-refractivity contribution is 5.79. The van der Waals surface area contributed by atoms with E-state index >= 15 is 0 Å².